The van der Waals surface area contributed by atoms with Crippen molar-refractivity contribution >= 4 is 40.7 Å². The van der Waals surface area contributed by atoms with E-state index in [1.165, 1.54) is 54.6 Å². The van der Waals surface area contributed by atoms with Crippen LogP contribution in [0.15, 0.2) is 66.7 Å². The highest BCUT2D eigenvalue weighted by molar-refractivity contribution is 6.34. The predicted octanol–water partition coefficient (Wildman–Crippen LogP) is 4.01. The monoisotopic (exact) mass is 480 g/mol. The van der Waals surface area contributed by atoms with Gasteiger partial charge in [-0.1, -0.05) is 48.0 Å². The molecule has 0 saturated carbocycles. The second kappa shape index (κ2) is 8.71. The molecule has 0 spiro atoms. The summed E-state index contributed by atoms with van der Waals surface area (Å²) >= 11 is 6.15. The molecule has 3 amide bonds. The zero-order valence-electron chi connectivity index (χ0n) is 17.1. The van der Waals surface area contributed by atoms with Crippen molar-refractivity contribution in [2.24, 2.45) is 0 Å². The molecule has 0 radical (unpaired) electrons. The average Bonchev–Trinajstić information content (AvgIpc) is 3.07. The van der Waals surface area contributed by atoms with Gasteiger partial charge in [0, 0.05) is 12.1 Å². The molecule has 12 heteroatoms. The van der Waals surface area contributed by atoms with E-state index in [-0.39, 0.29) is 27.4 Å². The number of nitro benzene ring substituents is 2. The van der Waals surface area contributed by atoms with Crippen LogP contribution in [0.3, 0.4) is 0 Å². The van der Waals surface area contributed by atoms with E-state index in [0.717, 1.165) is 6.07 Å². The lowest BCUT2D eigenvalue weighted by molar-refractivity contribution is -0.385. The van der Waals surface area contributed by atoms with Crippen LogP contribution in [0.2, 0.25) is 5.02 Å². The first-order chi connectivity index (χ1) is 16.2. The van der Waals surface area contributed by atoms with Gasteiger partial charge in [-0.3, -0.25) is 34.6 Å². The second-order valence-corrected chi connectivity index (χ2v) is 7.51. The van der Waals surface area contributed by atoms with E-state index in [0.29, 0.717) is 10.0 Å². The maximum Gasteiger partial charge on any atom is 0.287 e. The number of halogens is 1. The number of hydrogen-bond donors (Lipinski definition) is 0. The standard InChI is InChI=1S/C22H13ClN4O7/c23-16-9-3-2-7-14(16)20(28)24(12-13-6-1-4-10-17(13)26(31)32)25-21(29)15-8-5-11-18(27(33)34)19(15)22(25)30/h1-11H,12H2. The first-order valence-electron chi connectivity index (χ1n) is 9.67. The molecular weight excluding hydrogens is 468 g/mol. The molecule has 0 aromatic heterocycles. The number of hydrazine groups is 1. The summed E-state index contributed by atoms with van der Waals surface area (Å²) in [4.78, 5) is 61.4. The van der Waals surface area contributed by atoms with Crippen molar-refractivity contribution in [3.8, 4) is 0 Å². The highest BCUT2D eigenvalue weighted by atomic mass is 35.5. The smallest absolute Gasteiger partial charge is 0.267 e. The van der Waals surface area contributed by atoms with E-state index >= 15 is 0 Å². The van der Waals surface area contributed by atoms with Crippen LogP contribution in [0.5, 0.6) is 0 Å². The van der Waals surface area contributed by atoms with E-state index in [9.17, 15) is 34.6 Å². The summed E-state index contributed by atoms with van der Waals surface area (Å²) < 4.78 is 0. The zero-order valence-corrected chi connectivity index (χ0v) is 17.8. The van der Waals surface area contributed by atoms with Crippen molar-refractivity contribution < 1.29 is 24.2 Å². The Bertz CT molecular complexity index is 1390. The van der Waals surface area contributed by atoms with Crippen LogP contribution in [-0.4, -0.2) is 37.6 Å². The van der Waals surface area contributed by atoms with Gasteiger partial charge in [0.2, 0.25) is 0 Å². The lowest BCUT2D eigenvalue weighted by Crippen LogP contribution is -2.49. The van der Waals surface area contributed by atoms with E-state index in [1.54, 1.807) is 6.07 Å². The number of amides is 3. The molecule has 0 aliphatic carbocycles. The SMILES string of the molecule is O=C(c1ccccc1Cl)N(Cc1ccccc1[N+](=O)[O-])N1C(=O)c2cccc([N+](=O)[O-])c2C1=O. The van der Waals surface area contributed by atoms with Crippen molar-refractivity contribution in [2.45, 2.75) is 6.54 Å². The molecule has 0 N–H and O–H groups in total. The maximum atomic E-state index is 13.5. The van der Waals surface area contributed by atoms with E-state index in [4.69, 9.17) is 11.6 Å². The molecular formula is C22H13ClN4O7. The van der Waals surface area contributed by atoms with Crippen LogP contribution in [0.1, 0.15) is 36.6 Å². The molecule has 0 saturated heterocycles. The number of carbonyl (C=O) groups excluding carboxylic acids is 3. The Labute approximate surface area is 196 Å². The Morgan fingerprint density at radius 3 is 2.15 bits per heavy atom. The minimum atomic E-state index is -1.11. The number of hydrogen-bond acceptors (Lipinski definition) is 7. The Morgan fingerprint density at radius 2 is 1.47 bits per heavy atom. The predicted molar refractivity (Wildman–Crippen MR) is 118 cm³/mol. The summed E-state index contributed by atoms with van der Waals surface area (Å²) in [6.07, 6.45) is 0. The number of nitrogens with zero attached hydrogens (tertiary/aromatic N) is 4. The second-order valence-electron chi connectivity index (χ2n) is 7.11. The number of para-hydroxylation sites is 1. The van der Waals surface area contributed by atoms with Crippen molar-refractivity contribution in [3.05, 3.63) is 114 Å². The topological polar surface area (TPSA) is 144 Å². The van der Waals surface area contributed by atoms with Crippen LogP contribution in [-0.2, 0) is 6.54 Å². The fourth-order valence-corrected chi connectivity index (χ4v) is 3.83. The maximum absolute atomic E-state index is 13.5. The van der Waals surface area contributed by atoms with Gasteiger partial charge in [0.05, 0.1) is 38.1 Å². The molecule has 4 rings (SSSR count). The van der Waals surface area contributed by atoms with Crippen molar-refractivity contribution in [1.82, 2.24) is 10.0 Å². The third-order valence-electron chi connectivity index (χ3n) is 5.16. The van der Waals surface area contributed by atoms with Gasteiger partial charge in [-0.2, -0.15) is 5.01 Å². The van der Waals surface area contributed by atoms with Gasteiger partial charge in [-0.25, -0.2) is 5.01 Å². The van der Waals surface area contributed by atoms with E-state index in [1.807, 2.05) is 0 Å². The number of carbonyl (C=O) groups is 3. The molecule has 1 heterocycles. The highest BCUT2D eigenvalue weighted by Crippen LogP contribution is 2.34. The Kier molecular flexibility index (Phi) is 5.78. The molecule has 1 aliphatic rings. The lowest BCUT2D eigenvalue weighted by Gasteiger charge is -2.30. The Hall–Kier alpha value is -4.64. The molecule has 3 aromatic carbocycles. The zero-order chi connectivity index (χ0) is 24.6. The molecule has 0 unspecified atom stereocenters. The first kappa shape index (κ1) is 22.6. The van der Waals surface area contributed by atoms with Gasteiger partial charge in [0.15, 0.2) is 0 Å². The van der Waals surface area contributed by atoms with Crippen LogP contribution in [0.4, 0.5) is 11.4 Å². The van der Waals surface area contributed by atoms with Gasteiger partial charge in [0.1, 0.15) is 5.56 Å². The lowest BCUT2D eigenvalue weighted by atomic mass is 10.1. The van der Waals surface area contributed by atoms with Crippen LogP contribution in [0.25, 0.3) is 0 Å². The van der Waals surface area contributed by atoms with Crippen molar-refractivity contribution in [3.63, 3.8) is 0 Å². The molecule has 11 nitrogen and oxygen atoms in total. The molecule has 3 aromatic rings. The molecule has 1 aliphatic heterocycles. The highest BCUT2D eigenvalue weighted by Gasteiger charge is 2.46. The summed E-state index contributed by atoms with van der Waals surface area (Å²) in [5, 5.41) is 24.1. The van der Waals surface area contributed by atoms with E-state index in [2.05, 4.69) is 0 Å². The van der Waals surface area contributed by atoms with Gasteiger partial charge in [-0.05, 0) is 18.2 Å². The normalized spacial score (nSPS) is 12.4. The Balaban J connectivity index is 1.86. The summed E-state index contributed by atoms with van der Waals surface area (Å²) in [5.74, 6) is -2.99. The van der Waals surface area contributed by atoms with Crippen molar-refractivity contribution in [1.29, 1.82) is 0 Å². The van der Waals surface area contributed by atoms with Gasteiger partial charge >= 0.3 is 0 Å². The molecule has 170 valence electrons. The molecule has 0 atom stereocenters. The van der Waals surface area contributed by atoms with Crippen LogP contribution >= 0.6 is 11.6 Å². The molecule has 34 heavy (non-hydrogen) atoms. The quantitative estimate of drug-likeness (QED) is 0.294. The minimum Gasteiger partial charge on any atom is -0.267 e. The number of imide groups is 1. The average molecular weight is 481 g/mol. The minimum absolute atomic E-state index is 0.0163. The third kappa shape index (κ3) is 3.73. The molecule has 0 fully saturated rings. The summed E-state index contributed by atoms with van der Waals surface area (Å²) in [7, 11) is 0. The Morgan fingerprint density at radius 1 is 0.853 bits per heavy atom. The largest absolute Gasteiger partial charge is 0.287 e. The van der Waals surface area contributed by atoms with Crippen LogP contribution < -0.4 is 0 Å². The number of rotatable bonds is 6. The fraction of sp³-hybridized carbons (Fsp3) is 0.0455. The first-order valence-corrected chi connectivity index (χ1v) is 10.0. The van der Waals surface area contributed by atoms with Crippen molar-refractivity contribution in [2.75, 3.05) is 0 Å². The third-order valence-corrected chi connectivity index (χ3v) is 5.49. The summed E-state index contributed by atoms with van der Waals surface area (Å²) in [6, 6.07) is 14.9. The van der Waals surface area contributed by atoms with Gasteiger partial charge in [0.25, 0.3) is 29.1 Å². The summed E-state index contributed by atoms with van der Waals surface area (Å²) in [5.41, 5.74) is -1.74. The van der Waals surface area contributed by atoms with Gasteiger partial charge in [-0.15, -0.1) is 0 Å². The number of benzene rings is 3. The number of fused-ring (bicyclic) bond motifs is 1. The summed E-state index contributed by atoms with van der Waals surface area (Å²) in [6.45, 7) is -0.555. The number of nitro groups is 2. The van der Waals surface area contributed by atoms with Crippen LogP contribution in [0, 0.1) is 20.2 Å². The fourth-order valence-electron chi connectivity index (χ4n) is 3.62. The van der Waals surface area contributed by atoms with E-state index < -0.39 is 45.4 Å². The molecule has 0 bridgehead atoms. The van der Waals surface area contributed by atoms with Gasteiger partial charge < -0.3 is 0 Å².